The summed E-state index contributed by atoms with van der Waals surface area (Å²) in [7, 11) is -3.72. The molecule has 0 fully saturated rings. The molecule has 0 aromatic heterocycles. The van der Waals surface area contributed by atoms with Gasteiger partial charge in [0.1, 0.15) is 4.90 Å². The van der Waals surface area contributed by atoms with Crippen molar-refractivity contribution in [1.29, 1.82) is 0 Å². The van der Waals surface area contributed by atoms with Crippen LogP contribution in [0.5, 0.6) is 0 Å². The van der Waals surface area contributed by atoms with E-state index in [1.807, 2.05) is 0 Å². The number of benzene rings is 1. The molecular weight excluding hydrogens is 250 g/mol. The minimum Gasteiger partial charge on any atom is -0.370 e. The smallest absolute Gasteiger partial charge is 0.245 e. The molecule has 4 nitrogen and oxygen atoms in total. The van der Waals surface area contributed by atoms with E-state index in [1.54, 1.807) is 26.0 Å². The first kappa shape index (κ1) is 11.9. The zero-order valence-corrected chi connectivity index (χ0v) is 10.4. The summed E-state index contributed by atoms with van der Waals surface area (Å²) in [6.07, 6.45) is 0. The Morgan fingerprint density at radius 2 is 2.06 bits per heavy atom. The van der Waals surface area contributed by atoms with E-state index < -0.39 is 15.7 Å². The van der Waals surface area contributed by atoms with Crippen LogP contribution in [0.25, 0.3) is 0 Å². The van der Waals surface area contributed by atoms with Gasteiger partial charge < -0.3 is 5.11 Å². The van der Waals surface area contributed by atoms with E-state index in [4.69, 9.17) is 11.6 Å². The van der Waals surface area contributed by atoms with Crippen LogP contribution < -0.4 is 4.72 Å². The third-order valence-electron chi connectivity index (χ3n) is 2.77. The summed E-state index contributed by atoms with van der Waals surface area (Å²) in [4.78, 5) is -0.0205. The molecule has 0 amide bonds. The lowest BCUT2D eigenvalue weighted by Gasteiger charge is -2.27. The van der Waals surface area contributed by atoms with Crippen molar-refractivity contribution in [1.82, 2.24) is 4.72 Å². The van der Waals surface area contributed by atoms with Gasteiger partial charge in [-0.15, -0.1) is 0 Å². The molecule has 0 bridgehead atoms. The Morgan fingerprint density at radius 1 is 1.44 bits per heavy atom. The van der Waals surface area contributed by atoms with Crippen LogP contribution in [0.3, 0.4) is 0 Å². The van der Waals surface area contributed by atoms with Gasteiger partial charge in [0.2, 0.25) is 10.0 Å². The van der Waals surface area contributed by atoms with Crippen LogP contribution in [0.4, 0.5) is 0 Å². The molecular formula is C10H12ClNO3S. The second-order valence-electron chi connectivity index (χ2n) is 4.14. The lowest BCUT2D eigenvalue weighted by molar-refractivity contribution is -0.0184. The van der Waals surface area contributed by atoms with Crippen molar-refractivity contribution in [3.05, 3.63) is 28.8 Å². The first-order chi connectivity index (χ1) is 7.29. The van der Waals surface area contributed by atoms with Gasteiger partial charge in [0.05, 0.1) is 5.02 Å². The first-order valence-electron chi connectivity index (χ1n) is 4.84. The Morgan fingerprint density at radius 3 is 2.62 bits per heavy atom. The van der Waals surface area contributed by atoms with E-state index in [1.165, 1.54) is 6.07 Å². The maximum Gasteiger partial charge on any atom is 0.245 e. The Bertz CT molecular complexity index is 541. The third-order valence-corrected chi connectivity index (χ3v) is 4.76. The van der Waals surface area contributed by atoms with Crippen molar-refractivity contribution < 1.29 is 13.5 Å². The quantitative estimate of drug-likeness (QED) is 0.804. The topological polar surface area (TPSA) is 66.4 Å². The van der Waals surface area contributed by atoms with Crippen molar-refractivity contribution in [3.8, 4) is 0 Å². The van der Waals surface area contributed by atoms with E-state index in [9.17, 15) is 13.5 Å². The number of hydrogen-bond donors (Lipinski definition) is 2. The Labute approximate surface area is 99.3 Å². The monoisotopic (exact) mass is 261 g/mol. The number of rotatable bonds is 1. The Hall–Kier alpha value is -0.620. The molecule has 16 heavy (non-hydrogen) atoms. The molecule has 0 saturated heterocycles. The van der Waals surface area contributed by atoms with Gasteiger partial charge in [-0.25, -0.2) is 8.42 Å². The highest BCUT2D eigenvalue weighted by atomic mass is 35.5. The van der Waals surface area contributed by atoms with E-state index in [-0.39, 0.29) is 15.8 Å². The van der Waals surface area contributed by atoms with Crippen molar-refractivity contribution in [3.63, 3.8) is 0 Å². The standard InChI is InChI=1S/C10H12ClNO3S/c1-6(2)10(13)7-4-3-5-8(11)9(7)16(14,15)12-10/h3-6,12-13H,1-2H3. The molecule has 1 aliphatic heterocycles. The second-order valence-corrected chi connectivity index (χ2v) is 6.17. The number of halogens is 1. The molecule has 1 atom stereocenters. The highest BCUT2D eigenvalue weighted by Gasteiger charge is 2.48. The fourth-order valence-corrected chi connectivity index (χ4v) is 4.00. The molecule has 6 heteroatoms. The molecule has 1 aliphatic rings. The van der Waals surface area contributed by atoms with E-state index in [2.05, 4.69) is 4.72 Å². The van der Waals surface area contributed by atoms with Crippen LogP contribution in [-0.4, -0.2) is 13.5 Å². The number of hydrogen-bond acceptors (Lipinski definition) is 3. The molecule has 88 valence electrons. The summed E-state index contributed by atoms with van der Waals surface area (Å²) in [5, 5.41) is 10.5. The summed E-state index contributed by atoms with van der Waals surface area (Å²) in [5.41, 5.74) is -1.26. The van der Waals surface area contributed by atoms with Crippen molar-refractivity contribution in [2.45, 2.75) is 24.5 Å². The zero-order valence-electron chi connectivity index (χ0n) is 8.86. The molecule has 0 saturated carbocycles. The number of sulfonamides is 1. The SMILES string of the molecule is CC(C)C1(O)NS(=O)(=O)c2c(Cl)cccc21. The number of aliphatic hydroxyl groups is 1. The molecule has 0 spiro atoms. The molecule has 0 aliphatic carbocycles. The van der Waals surface area contributed by atoms with Gasteiger partial charge in [0.25, 0.3) is 0 Å². The molecule has 1 heterocycles. The minimum atomic E-state index is -3.72. The fourth-order valence-electron chi connectivity index (χ4n) is 1.82. The highest BCUT2D eigenvalue weighted by Crippen LogP contribution is 2.41. The maximum atomic E-state index is 11.8. The lowest BCUT2D eigenvalue weighted by atomic mass is 9.93. The van der Waals surface area contributed by atoms with Gasteiger partial charge >= 0.3 is 0 Å². The summed E-state index contributed by atoms with van der Waals surface area (Å²) in [6.45, 7) is 3.47. The van der Waals surface area contributed by atoms with Crippen LogP contribution in [-0.2, 0) is 15.7 Å². The molecule has 1 aromatic carbocycles. The fraction of sp³-hybridized carbons (Fsp3) is 0.400. The van der Waals surface area contributed by atoms with Crippen LogP contribution in [0, 0.1) is 5.92 Å². The average molecular weight is 262 g/mol. The van der Waals surface area contributed by atoms with Gasteiger partial charge in [-0.1, -0.05) is 37.6 Å². The zero-order chi connectivity index (χ0) is 12.1. The summed E-state index contributed by atoms with van der Waals surface area (Å²) >= 11 is 5.86. The Balaban J connectivity index is 2.79. The molecule has 2 rings (SSSR count). The van der Waals surface area contributed by atoms with Crippen LogP contribution in [0.2, 0.25) is 5.02 Å². The van der Waals surface area contributed by atoms with E-state index in [0.29, 0.717) is 5.56 Å². The predicted octanol–water partition coefficient (Wildman–Crippen LogP) is 1.43. The molecule has 1 aromatic rings. The van der Waals surface area contributed by atoms with Crippen molar-refractivity contribution in [2.24, 2.45) is 5.92 Å². The van der Waals surface area contributed by atoms with Gasteiger partial charge in [0.15, 0.2) is 5.72 Å². The van der Waals surface area contributed by atoms with Gasteiger partial charge in [-0.3, -0.25) is 0 Å². The van der Waals surface area contributed by atoms with Gasteiger partial charge in [0, 0.05) is 11.5 Å². The highest BCUT2D eigenvalue weighted by molar-refractivity contribution is 7.90. The average Bonchev–Trinajstić information content (AvgIpc) is 2.36. The van der Waals surface area contributed by atoms with Gasteiger partial charge in [-0.2, -0.15) is 4.72 Å². The Kier molecular flexibility index (Phi) is 2.54. The van der Waals surface area contributed by atoms with Gasteiger partial charge in [-0.05, 0) is 6.07 Å². The van der Waals surface area contributed by atoms with E-state index in [0.717, 1.165) is 0 Å². The van der Waals surface area contributed by atoms with Crippen molar-refractivity contribution in [2.75, 3.05) is 0 Å². The summed E-state index contributed by atoms with van der Waals surface area (Å²) in [6, 6.07) is 4.68. The molecule has 1 unspecified atom stereocenters. The normalized spacial score (nSPS) is 27.1. The van der Waals surface area contributed by atoms with E-state index >= 15 is 0 Å². The van der Waals surface area contributed by atoms with Crippen LogP contribution >= 0.6 is 11.6 Å². The molecule has 2 N–H and O–H groups in total. The molecule has 0 radical (unpaired) electrons. The predicted molar refractivity (Wildman–Crippen MR) is 60.5 cm³/mol. The first-order valence-corrected chi connectivity index (χ1v) is 6.70. The van der Waals surface area contributed by atoms with Crippen molar-refractivity contribution >= 4 is 21.6 Å². The summed E-state index contributed by atoms with van der Waals surface area (Å²) in [5.74, 6) is -0.290. The second kappa shape index (κ2) is 3.43. The lowest BCUT2D eigenvalue weighted by Crippen LogP contribution is -2.43. The third kappa shape index (κ3) is 1.47. The largest absolute Gasteiger partial charge is 0.370 e. The number of fused-ring (bicyclic) bond motifs is 1. The maximum absolute atomic E-state index is 11.8. The number of nitrogens with one attached hydrogen (secondary N) is 1. The van der Waals surface area contributed by atoms with Crippen LogP contribution in [0.15, 0.2) is 23.1 Å². The van der Waals surface area contributed by atoms with Crippen LogP contribution in [0.1, 0.15) is 19.4 Å². The summed E-state index contributed by atoms with van der Waals surface area (Å²) < 4.78 is 25.9. The minimum absolute atomic E-state index is 0.0205.